The third-order valence-corrected chi connectivity index (χ3v) is 2.48. The average Bonchev–Trinajstić information content (AvgIpc) is 2.34. The molecule has 0 bridgehead atoms. The van der Waals surface area contributed by atoms with Crippen molar-refractivity contribution in [3.05, 3.63) is 29.8 Å². The van der Waals surface area contributed by atoms with Gasteiger partial charge in [0.2, 0.25) is 0 Å². The molecule has 0 aliphatic heterocycles. The number of carbonyl (C=O) groups excluding carboxylic acids is 1. The van der Waals surface area contributed by atoms with Crippen molar-refractivity contribution in [3.8, 4) is 0 Å². The predicted molar refractivity (Wildman–Crippen MR) is 76.3 cm³/mol. The molecule has 0 radical (unpaired) electrons. The molecule has 0 heterocycles. The van der Waals surface area contributed by atoms with Crippen LogP contribution in [0.3, 0.4) is 0 Å². The van der Waals surface area contributed by atoms with Crippen LogP contribution in [0, 0.1) is 0 Å². The van der Waals surface area contributed by atoms with E-state index < -0.39 is 23.9 Å². The van der Waals surface area contributed by atoms with E-state index in [1.165, 1.54) is 0 Å². The number of nitrogens with two attached hydrogens (primary N) is 1. The minimum absolute atomic E-state index is 0.0507. The first kappa shape index (κ1) is 16.4. The smallest absolute Gasteiger partial charge is 0.412 e. The maximum Gasteiger partial charge on any atom is 0.412 e. The average molecular weight is 282 g/mol. The first-order valence-electron chi connectivity index (χ1n) is 6.39. The molecule has 1 rings (SSSR count). The molecule has 0 aliphatic carbocycles. The number of aliphatic hydroxyl groups is 2. The number of ether oxygens (including phenoxy) is 1. The third kappa shape index (κ3) is 5.16. The lowest BCUT2D eigenvalue weighted by Crippen LogP contribution is -2.28. The van der Waals surface area contributed by atoms with Gasteiger partial charge in [0, 0.05) is 12.2 Å². The molecule has 6 nitrogen and oxygen atoms in total. The Morgan fingerprint density at radius 2 is 2.05 bits per heavy atom. The molecule has 2 atom stereocenters. The molecule has 6 heteroatoms. The highest BCUT2D eigenvalue weighted by Gasteiger charge is 2.19. The van der Waals surface area contributed by atoms with E-state index in [1.807, 2.05) is 0 Å². The van der Waals surface area contributed by atoms with Gasteiger partial charge in [-0.2, -0.15) is 0 Å². The second-order valence-electron chi connectivity index (χ2n) is 5.50. The number of benzene rings is 1. The maximum atomic E-state index is 11.6. The Hall–Kier alpha value is -1.63. The highest BCUT2D eigenvalue weighted by molar-refractivity contribution is 5.84. The van der Waals surface area contributed by atoms with Crippen molar-refractivity contribution in [1.29, 1.82) is 0 Å². The highest BCUT2D eigenvalue weighted by atomic mass is 16.6. The summed E-state index contributed by atoms with van der Waals surface area (Å²) in [5, 5.41) is 21.9. The molecule has 1 aromatic rings. The summed E-state index contributed by atoms with van der Waals surface area (Å²) in [6.45, 7) is 5.25. The van der Waals surface area contributed by atoms with Crippen LogP contribution in [0.5, 0.6) is 0 Å². The van der Waals surface area contributed by atoms with Crippen LogP contribution in [0.1, 0.15) is 32.4 Å². The molecule has 0 spiro atoms. The second-order valence-corrected chi connectivity index (χ2v) is 5.50. The van der Waals surface area contributed by atoms with E-state index in [1.54, 1.807) is 45.0 Å². The third-order valence-electron chi connectivity index (χ3n) is 2.48. The standard InChI is InChI=1S/C14H22N2O4/c1-14(2,3)20-13(19)16-10-6-4-5-9(7-10)12(18)11(17)8-15/h4-7,11-12,17-18H,8,15H2,1-3H3,(H,16,19). The van der Waals surface area contributed by atoms with Gasteiger partial charge < -0.3 is 20.7 Å². The Bertz CT molecular complexity index is 457. The first-order valence-corrected chi connectivity index (χ1v) is 6.39. The van der Waals surface area contributed by atoms with Crippen LogP contribution >= 0.6 is 0 Å². The van der Waals surface area contributed by atoms with Crippen molar-refractivity contribution in [2.24, 2.45) is 5.73 Å². The Labute approximate surface area is 118 Å². The Balaban J connectivity index is 2.76. The zero-order valence-electron chi connectivity index (χ0n) is 12.0. The summed E-state index contributed by atoms with van der Waals surface area (Å²) < 4.78 is 5.13. The topological polar surface area (TPSA) is 105 Å². The number of rotatable bonds is 4. The second kappa shape index (κ2) is 6.69. The van der Waals surface area contributed by atoms with Gasteiger partial charge in [-0.25, -0.2) is 4.79 Å². The largest absolute Gasteiger partial charge is 0.444 e. The van der Waals surface area contributed by atoms with Gasteiger partial charge in [-0.05, 0) is 38.5 Å². The molecule has 112 valence electrons. The van der Waals surface area contributed by atoms with E-state index >= 15 is 0 Å². The lowest BCUT2D eigenvalue weighted by Gasteiger charge is -2.20. The summed E-state index contributed by atoms with van der Waals surface area (Å²) in [6, 6.07) is 6.53. The van der Waals surface area contributed by atoms with E-state index in [9.17, 15) is 15.0 Å². The minimum atomic E-state index is -1.10. The van der Waals surface area contributed by atoms with Crippen LogP contribution in [-0.2, 0) is 4.74 Å². The summed E-state index contributed by atoms with van der Waals surface area (Å²) in [5.41, 5.74) is 5.65. The lowest BCUT2D eigenvalue weighted by atomic mass is 10.0. The van der Waals surface area contributed by atoms with Gasteiger partial charge in [0.25, 0.3) is 0 Å². The van der Waals surface area contributed by atoms with Gasteiger partial charge in [-0.15, -0.1) is 0 Å². The number of aliphatic hydroxyl groups excluding tert-OH is 2. The molecular weight excluding hydrogens is 260 g/mol. The fourth-order valence-corrected chi connectivity index (χ4v) is 1.57. The molecule has 0 aromatic heterocycles. The van der Waals surface area contributed by atoms with Crippen LogP contribution in [-0.4, -0.2) is 34.6 Å². The molecule has 2 unspecified atom stereocenters. The van der Waals surface area contributed by atoms with Crippen LogP contribution < -0.4 is 11.1 Å². The molecule has 1 aromatic carbocycles. The molecule has 0 aliphatic rings. The van der Waals surface area contributed by atoms with Gasteiger partial charge >= 0.3 is 6.09 Å². The summed E-state index contributed by atoms with van der Waals surface area (Å²) >= 11 is 0. The van der Waals surface area contributed by atoms with Crippen molar-refractivity contribution in [1.82, 2.24) is 0 Å². The number of hydrogen-bond acceptors (Lipinski definition) is 5. The van der Waals surface area contributed by atoms with Crippen LogP contribution in [0.15, 0.2) is 24.3 Å². The molecule has 20 heavy (non-hydrogen) atoms. The Morgan fingerprint density at radius 3 is 2.60 bits per heavy atom. The van der Waals surface area contributed by atoms with Crippen LogP contribution in [0.2, 0.25) is 0 Å². The molecule has 1 amide bonds. The molecule has 0 fully saturated rings. The fourth-order valence-electron chi connectivity index (χ4n) is 1.57. The molecule has 5 N–H and O–H groups in total. The van der Waals surface area contributed by atoms with Gasteiger partial charge in [0.05, 0.1) is 6.10 Å². The number of carbonyl (C=O) groups is 1. The Kier molecular flexibility index (Phi) is 5.50. The SMILES string of the molecule is CC(C)(C)OC(=O)Nc1cccc(C(O)C(O)CN)c1. The molecule has 0 saturated heterocycles. The van der Waals surface area contributed by atoms with Gasteiger partial charge in [0.1, 0.15) is 11.7 Å². The number of nitrogens with one attached hydrogen (secondary N) is 1. The van der Waals surface area contributed by atoms with E-state index in [0.717, 1.165) is 0 Å². The van der Waals surface area contributed by atoms with Crippen molar-refractivity contribution in [2.45, 2.75) is 38.6 Å². The predicted octanol–water partition coefficient (Wildman–Crippen LogP) is 1.39. The van der Waals surface area contributed by atoms with Crippen molar-refractivity contribution >= 4 is 11.8 Å². The number of amides is 1. The van der Waals surface area contributed by atoms with Crippen LogP contribution in [0.25, 0.3) is 0 Å². The summed E-state index contributed by atoms with van der Waals surface area (Å²) in [6.07, 6.45) is -2.73. The van der Waals surface area contributed by atoms with Crippen LogP contribution in [0.4, 0.5) is 10.5 Å². The van der Waals surface area contributed by atoms with E-state index in [4.69, 9.17) is 10.5 Å². The summed E-state index contributed by atoms with van der Waals surface area (Å²) in [4.78, 5) is 11.6. The number of hydrogen-bond donors (Lipinski definition) is 4. The van der Waals surface area contributed by atoms with E-state index in [2.05, 4.69) is 5.32 Å². The Morgan fingerprint density at radius 1 is 1.40 bits per heavy atom. The van der Waals surface area contributed by atoms with Gasteiger partial charge in [0.15, 0.2) is 0 Å². The molecular formula is C14H22N2O4. The summed E-state index contributed by atoms with van der Waals surface area (Å²) in [5.74, 6) is 0. The monoisotopic (exact) mass is 282 g/mol. The summed E-state index contributed by atoms with van der Waals surface area (Å²) in [7, 11) is 0. The van der Waals surface area contributed by atoms with Crippen molar-refractivity contribution in [3.63, 3.8) is 0 Å². The minimum Gasteiger partial charge on any atom is -0.444 e. The number of anilines is 1. The maximum absolute atomic E-state index is 11.6. The van der Waals surface area contributed by atoms with Gasteiger partial charge in [-0.3, -0.25) is 5.32 Å². The quantitative estimate of drug-likeness (QED) is 0.668. The van der Waals surface area contributed by atoms with Gasteiger partial charge in [-0.1, -0.05) is 12.1 Å². The van der Waals surface area contributed by atoms with E-state index in [0.29, 0.717) is 11.3 Å². The van der Waals surface area contributed by atoms with E-state index in [-0.39, 0.29) is 6.54 Å². The normalized spacial score (nSPS) is 14.5. The lowest BCUT2D eigenvalue weighted by molar-refractivity contribution is 0.0244. The zero-order chi connectivity index (χ0) is 15.3. The fraction of sp³-hybridized carbons (Fsp3) is 0.500. The first-order chi connectivity index (χ1) is 9.23. The van der Waals surface area contributed by atoms with Crippen molar-refractivity contribution < 1.29 is 19.7 Å². The van der Waals surface area contributed by atoms with Crippen molar-refractivity contribution in [2.75, 3.05) is 11.9 Å². The highest BCUT2D eigenvalue weighted by Crippen LogP contribution is 2.20. The zero-order valence-corrected chi connectivity index (χ0v) is 12.0. The molecule has 0 saturated carbocycles.